The number of nitrogens with zero attached hydrogens (tertiary/aromatic N) is 1. The number of hydrogen-bond acceptors (Lipinski definition) is 4. The van der Waals surface area contributed by atoms with Gasteiger partial charge in [0.15, 0.2) is 0 Å². The Bertz CT molecular complexity index is 702. The first-order valence-electron chi connectivity index (χ1n) is 7.85. The molecule has 0 spiro atoms. The molecule has 24 heavy (non-hydrogen) atoms. The van der Waals surface area contributed by atoms with Crippen molar-refractivity contribution in [2.45, 2.75) is 31.8 Å². The summed E-state index contributed by atoms with van der Waals surface area (Å²) >= 11 is 5.82. The van der Waals surface area contributed by atoms with Gasteiger partial charge in [0.2, 0.25) is 10.0 Å². The lowest BCUT2D eigenvalue weighted by Gasteiger charge is -2.16. The largest absolute Gasteiger partial charge is 0.351 e. The van der Waals surface area contributed by atoms with Crippen LogP contribution in [0.3, 0.4) is 0 Å². The van der Waals surface area contributed by atoms with Gasteiger partial charge in [-0.3, -0.25) is 0 Å². The summed E-state index contributed by atoms with van der Waals surface area (Å²) in [6.07, 6.45) is 5.99. The van der Waals surface area contributed by atoms with Gasteiger partial charge in [-0.25, -0.2) is 18.1 Å². The van der Waals surface area contributed by atoms with E-state index in [4.69, 9.17) is 11.6 Å². The second kappa shape index (κ2) is 9.17. The topological polar surface area (TPSA) is 86.9 Å². The zero-order valence-corrected chi connectivity index (χ0v) is 15.2. The molecule has 2 rings (SSSR count). The molecule has 1 aromatic carbocycles. The van der Waals surface area contributed by atoms with E-state index in [0.29, 0.717) is 5.02 Å². The maximum Gasteiger partial charge on any atom is 0.213 e. The van der Waals surface area contributed by atoms with Crippen LogP contribution in [-0.4, -0.2) is 37.2 Å². The van der Waals surface area contributed by atoms with E-state index in [1.54, 1.807) is 25.5 Å². The molecule has 0 aliphatic heterocycles. The highest BCUT2D eigenvalue weighted by Gasteiger charge is 2.17. The van der Waals surface area contributed by atoms with Crippen LogP contribution in [0, 0.1) is 0 Å². The van der Waals surface area contributed by atoms with Crippen LogP contribution in [0.2, 0.25) is 5.02 Å². The minimum absolute atomic E-state index is 0.0532. The van der Waals surface area contributed by atoms with Gasteiger partial charge >= 0.3 is 0 Å². The number of benzene rings is 1. The van der Waals surface area contributed by atoms with Crippen molar-refractivity contribution in [3.05, 3.63) is 53.1 Å². The minimum atomic E-state index is -3.35. The molecular formula is C16H23ClN4O2S. The first-order valence-corrected chi connectivity index (χ1v) is 9.88. The highest BCUT2D eigenvalue weighted by atomic mass is 35.5. The fourth-order valence-electron chi connectivity index (χ4n) is 2.39. The lowest BCUT2D eigenvalue weighted by Crippen LogP contribution is -2.38. The number of aromatic nitrogens is 2. The van der Waals surface area contributed by atoms with Crippen molar-refractivity contribution >= 4 is 21.6 Å². The maximum absolute atomic E-state index is 12.2. The molecule has 0 aliphatic carbocycles. The molecule has 0 aliphatic rings. The third-order valence-electron chi connectivity index (χ3n) is 3.78. The summed E-state index contributed by atoms with van der Waals surface area (Å²) in [7, 11) is -1.57. The van der Waals surface area contributed by atoms with Crippen molar-refractivity contribution in [1.29, 1.82) is 0 Å². The molecule has 0 amide bonds. The molecule has 1 aromatic heterocycles. The number of aryl methyl sites for hydroxylation is 1. The number of rotatable bonds is 10. The fraction of sp³-hybridized carbons (Fsp3) is 0.438. The molecule has 1 atom stereocenters. The Kier molecular flexibility index (Phi) is 7.23. The average molecular weight is 371 g/mol. The minimum Gasteiger partial charge on any atom is -0.351 e. The predicted molar refractivity (Wildman–Crippen MR) is 96.5 cm³/mol. The van der Waals surface area contributed by atoms with E-state index in [-0.39, 0.29) is 18.3 Å². The van der Waals surface area contributed by atoms with Crippen LogP contribution in [0.1, 0.15) is 24.1 Å². The lowest BCUT2D eigenvalue weighted by atomic mass is 10.1. The fourth-order valence-corrected chi connectivity index (χ4v) is 3.88. The van der Waals surface area contributed by atoms with E-state index in [9.17, 15) is 8.42 Å². The highest BCUT2D eigenvalue weighted by molar-refractivity contribution is 7.89. The number of halogens is 1. The molecule has 1 unspecified atom stereocenters. The van der Waals surface area contributed by atoms with Gasteiger partial charge < -0.3 is 10.3 Å². The Morgan fingerprint density at radius 3 is 2.67 bits per heavy atom. The molecule has 1 heterocycles. The average Bonchev–Trinajstić information content (AvgIpc) is 3.07. The molecular weight excluding hydrogens is 348 g/mol. The molecule has 0 saturated heterocycles. The van der Waals surface area contributed by atoms with E-state index >= 15 is 0 Å². The summed E-state index contributed by atoms with van der Waals surface area (Å²) in [5.41, 5.74) is 1.87. The summed E-state index contributed by atoms with van der Waals surface area (Å²) in [4.78, 5) is 7.08. The first kappa shape index (κ1) is 18.9. The van der Waals surface area contributed by atoms with Crippen molar-refractivity contribution in [2.24, 2.45) is 0 Å². The monoisotopic (exact) mass is 370 g/mol. The molecule has 0 saturated carbocycles. The Labute approximate surface area is 148 Å². The molecule has 3 N–H and O–H groups in total. The van der Waals surface area contributed by atoms with Gasteiger partial charge in [0.1, 0.15) is 0 Å². The Morgan fingerprint density at radius 2 is 2.04 bits per heavy atom. The van der Waals surface area contributed by atoms with Crippen molar-refractivity contribution < 1.29 is 8.42 Å². The molecule has 2 aromatic rings. The number of aromatic amines is 1. The van der Waals surface area contributed by atoms with Crippen LogP contribution in [0.25, 0.3) is 0 Å². The number of sulfonamides is 1. The smallest absolute Gasteiger partial charge is 0.213 e. The molecule has 0 bridgehead atoms. The second-order valence-corrected chi connectivity index (χ2v) is 7.96. The number of imidazole rings is 1. The Hall–Kier alpha value is -1.41. The van der Waals surface area contributed by atoms with E-state index in [0.717, 1.165) is 30.5 Å². The zero-order valence-electron chi connectivity index (χ0n) is 13.6. The van der Waals surface area contributed by atoms with Gasteiger partial charge in [0.05, 0.1) is 17.8 Å². The van der Waals surface area contributed by atoms with Gasteiger partial charge in [-0.05, 0) is 44.0 Å². The third kappa shape index (κ3) is 6.60. The molecule has 0 fully saturated rings. The molecule has 0 radical (unpaired) electrons. The predicted octanol–water partition coefficient (Wildman–Crippen LogP) is 2.09. The highest BCUT2D eigenvalue weighted by Crippen LogP contribution is 2.10. The number of nitrogens with one attached hydrogen (secondary N) is 3. The van der Waals surface area contributed by atoms with Crippen LogP contribution in [0.4, 0.5) is 0 Å². The van der Waals surface area contributed by atoms with Gasteiger partial charge in [-0.15, -0.1) is 0 Å². The summed E-state index contributed by atoms with van der Waals surface area (Å²) in [6, 6.07) is 7.02. The number of hydrogen-bond donors (Lipinski definition) is 3. The van der Waals surface area contributed by atoms with Gasteiger partial charge in [-0.2, -0.15) is 0 Å². The van der Waals surface area contributed by atoms with Gasteiger partial charge in [0, 0.05) is 23.8 Å². The van der Waals surface area contributed by atoms with E-state index < -0.39 is 10.0 Å². The summed E-state index contributed by atoms with van der Waals surface area (Å²) in [6.45, 7) is 0.267. The van der Waals surface area contributed by atoms with Crippen LogP contribution >= 0.6 is 11.6 Å². The normalized spacial score (nSPS) is 13.1. The quantitative estimate of drug-likeness (QED) is 0.597. The third-order valence-corrected chi connectivity index (χ3v) is 5.46. The Morgan fingerprint density at radius 1 is 1.29 bits per heavy atom. The Balaban J connectivity index is 1.78. The summed E-state index contributed by atoms with van der Waals surface area (Å²) in [5, 5.41) is 3.71. The maximum atomic E-state index is 12.2. The van der Waals surface area contributed by atoms with Crippen molar-refractivity contribution in [2.75, 3.05) is 12.8 Å². The van der Waals surface area contributed by atoms with Gasteiger partial charge in [-0.1, -0.05) is 23.7 Å². The summed E-state index contributed by atoms with van der Waals surface area (Å²) in [5.74, 6) is 0.0532. The molecule has 132 valence electrons. The van der Waals surface area contributed by atoms with Crippen LogP contribution in [0.15, 0.2) is 36.8 Å². The first-order chi connectivity index (χ1) is 11.5. The lowest BCUT2D eigenvalue weighted by molar-refractivity contribution is 0.519. The van der Waals surface area contributed by atoms with Gasteiger partial charge in [0.25, 0.3) is 0 Å². The van der Waals surface area contributed by atoms with Crippen LogP contribution < -0.4 is 10.0 Å². The SMILES string of the molecule is CNC(CCCc1c[nH]cn1)CS(=O)(=O)NCc1ccc(Cl)cc1. The van der Waals surface area contributed by atoms with Crippen molar-refractivity contribution in [3.8, 4) is 0 Å². The molecule has 8 heteroatoms. The van der Waals surface area contributed by atoms with Crippen molar-refractivity contribution in [1.82, 2.24) is 20.0 Å². The van der Waals surface area contributed by atoms with E-state index in [1.165, 1.54) is 0 Å². The standard InChI is InChI=1S/C16H23ClN4O2S/c1-18-16(4-2-3-15-10-19-12-20-15)11-24(22,23)21-9-13-5-7-14(17)8-6-13/h5-8,10,12,16,18,21H,2-4,9,11H2,1H3,(H,19,20). The van der Waals surface area contributed by atoms with Crippen LogP contribution in [-0.2, 0) is 23.0 Å². The molecule has 6 nitrogen and oxygen atoms in total. The van der Waals surface area contributed by atoms with Crippen molar-refractivity contribution in [3.63, 3.8) is 0 Å². The summed E-state index contributed by atoms with van der Waals surface area (Å²) < 4.78 is 27.1. The van der Waals surface area contributed by atoms with E-state index in [1.807, 2.05) is 18.3 Å². The number of H-pyrrole nitrogens is 1. The second-order valence-electron chi connectivity index (χ2n) is 5.67. The zero-order chi connectivity index (χ0) is 17.4. The van der Waals surface area contributed by atoms with E-state index in [2.05, 4.69) is 20.0 Å². The van der Waals surface area contributed by atoms with Crippen LogP contribution in [0.5, 0.6) is 0 Å².